The van der Waals surface area contributed by atoms with Crippen LogP contribution in [0.2, 0.25) is 0 Å². The van der Waals surface area contributed by atoms with Gasteiger partial charge in [-0.1, -0.05) is 175 Å². The van der Waals surface area contributed by atoms with Gasteiger partial charge in [0.25, 0.3) is 0 Å². The van der Waals surface area contributed by atoms with E-state index in [1.54, 1.807) is 0 Å². The lowest BCUT2D eigenvalue weighted by Gasteiger charge is -2.21. The molecule has 0 saturated heterocycles. The zero-order valence-electron chi connectivity index (χ0n) is 34.6. The molecule has 0 aromatic rings. The zero-order chi connectivity index (χ0) is 36.6. The highest BCUT2D eigenvalue weighted by Crippen LogP contribution is 2.21. The van der Waals surface area contributed by atoms with Crippen molar-refractivity contribution in [3.05, 3.63) is 0 Å². The average molecular weight is 710 g/mol. The lowest BCUT2D eigenvalue weighted by Crippen LogP contribution is -2.29. The molecule has 1 unspecified atom stereocenters. The van der Waals surface area contributed by atoms with Gasteiger partial charge in [-0.15, -0.1) is 0 Å². The van der Waals surface area contributed by atoms with E-state index >= 15 is 0 Å². The summed E-state index contributed by atoms with van der Waals surface area (Å²) < 4.78 is 11.9. The fourth-order valence-corrected chi connectivity index (χ4v) is 7.17. The van der Waals surface area contributed by atoms with Crippen molar-refractivity contribution in [2.24, 2.45) is 5.92 Å². The number of ether oxygens (including phenoxy) is 2. The molecule has 0 amide bonds. The van der Waals surface area contributed by atoms with Crippen molar-refractivity contribution in [2.45, 2.75) is 239 Å². The Labute approximate surface area is 314 Å². The first kappa shape index (κ1) is 49.4. The minimum Gasteiger partial charge on any atom is -0.466 e. The molecule has 0 bridgehead atoms. The van der Waals surface area contributed by atoms with Gasteiger partial charge in [-0.3, -0.25) is 4.79 Å². The molecule has 0 aliphatic heterocycles. The molecule has 300 valence electrons. The highest BCUT2D eigenvalue weighted by molar-refractivity contribution is 5.69. The molecule has 0 rings (SSSR count). The van der Waals surface area contributed by atoms with E-state index in [0.29, 0.717) is 19.1 Å². The molecule has 0 spiro atoms. The van der Waals surface area contributed by atoms with Crippen molar-refractivity contribution in [2.75, 3.05) is 39.5 Å². The van der Waals surface area contributed by atoms with Crippen LogP contribution in [0.15, 0.2) is 0 Å². The van der Waals surface area contributed by atoms with E-state index in [-0.39, 0.29) is 12.6 Å². The van der Waals surface area contributed by atoms with E-state index in [2.05, 4.69) is 32.6 Å². The Morgan fingerprint density at radius 3 is 1.44 bits per heavy atom. The van der Waals surface area contributed by atoms with Crippen LogP contribution in [0.4, 0.5) is 0 Å². The molecule has 0 aliphatic rings. The maximum absolute atomic E-state index is 12.0. The SMILES string of the molecule is CCCCCCCCCOC(=O)CCCCCCCN(CCO)CCCCCCC(C)OCC(CCCCCCCC)CCCCCCCC. The molecule has 0 radical (unpaired) electrons. The number of esters is 1. The minimum absolute atomic E-state index is 0.0154. The van der Waals surface area contributed by atoms with Crippen molar-refractivity contribution in [3.8, 4) is 0 Å². The number of aliphatic hydroxyl groups is 1. The maximum Gasteiger partial charge on any atom is 0.305 e. The number of aliphatic hydroxyl groups excluding tert-OH is 1. The molecular weight excluding hydrogens is 618 g/mol. The first-order valence-corrected chi connectivity index (χ1v) is 22.7. The Balaban J connectivity index is 3.94. The number of carbonyl (C=O) groups is 1. The number of hydrogen-bond donors (Lipinski definition) is 1. The molecule has 1 atom stereocenters. The van der Waals surface area contributed by atoms with Crippen LogP contribution in [0.5, 0.6) is 0 Å². The van der Waals surface area contributed by atoms with Gasteiger partial charge >= 0.3 is 5.97 Å². The zero-order valence-corrected chi connectivity index (χ0v) is 34.6. The Hall–Kier alpha value is -0.650. The third-order valence-corrected chi connectivity index (χ3v) is 10.7. The van der Waals surface area contributed by atoms with Gasteiger partial charge in [-0.05, 0) is 70.9 Å². The van der Waals surface area contributed by atoms with E-state index in [4.69, 9.17) is 9.47 Å². The van der Waals surface area contributed by atoms with E-state index in [1.165, 1.54) is 180 Å². The molecule has 1 N–H and O–H groups in total. The Morgan fingerprint density at radius 2 is 0.940 bits per heavy atom. The summed E-state index contributed by atoms with van der Waals surface area (Å²) in [5.41, 5.74) is 0. The van der Waals surface area contributed by atoms with Crippen LogP contribution in [0.3, 0.4) is 0 Å². The Morgan fingerprint density at radius 1 is 0.520 bits per heavy atom. The number of hydrogen-bond acceptors (Lipinski definition) is 5. The molecule has 0 fully saturated rings. The molecule has 0 saturated carbocycles. The lowest BCUT2D eigenvalue weighted by atomic mass is 9.94. The highest BCUT2D eigenvalue weighted by atomic mass is 16.5. The minimum atomic E-state index is -0.0154. The van der Waals surface area contributed by atoms with Crippen LogP contribution in [-0.2, 0) is 14.3 Å². The fraction of sp³-hybridized carbons (Fsp3) is 0.978. The molecule has 0 aliphatic carbocycles. The van der Waals surface area contributed by atoms with Gasteiger partial charge in [0.15, 0.2) is 0 Å². The monoisotopic (exact) mass is 710 g/mol. The van der Waals surface area contributed by atoms with Crippen molar-refractivity contribution >= 4 is 5.97 Å². The van der Waals surface area contributed by atoms with Crippen molar-refractivity contribution < 1.29 is 19.4 Å². The number of nitrogens with zero attached hydrogens (tertiary/aromatic N) is 1. The quantitative estimate of drug-likeness (QED) is 0.0505. The molecule has 0 heterocycles. The van der Waals surface area contributed by atoms with Crippen molar-refractivity contribution in [3.63, 3.8) is 0 Å². The van der Waals surface area contributed by atoms with Crippen LogP contribution in [0.25, 0.3) is 0 Å². The van der Waals surface area contributed by atoms with Gasteiger partial charge in [0.1, 0.15) is 0 Å². The highest BCUT2D eigenvalue weighted by Gasteiger charge is 2.12. The van der Waals surface area contributed by atoms with E-state index in [1.807, 2.05) is 0 Å². The topological polar surface area (TPSA) is 59.0 Å². The van der Waals surface area contributed by atoms with Crippen LogP contribution >= 0.6 is 0 Å². The normalized spacial score (nSPS) is 12.4. The third-order valence-electron chi connectivity index (χ3n) is 10.7. The number of carbonyl (C=O) groups excluding carboxylic acids is 1. The van der Waals surface area contributed by atoms with E-state index in [9.17, 15) is 9.90 Å². The van der Waals surface area contributed by atoms with Gasteiger partial charge in [-0.2, -0.15) is 0 Å². The second-order valence-electron chi connectivity index (χ2n) is 15.8. The second-order valence-corrected chi connectivity index (χ2v) is 15.8. The van der Waals surface area contributed by atoms with Crippen molar-refractivity contribution in [1.82, 2.24) is 4.90 Å². The standard InChI is InChI=1S/C45H91NO4/c1-5-8-11-14-17-25-32-41-49-45(48)36-29-21-18-23-30-37-46(39-40-47)38-31-24-22-26-33-43(4)50-42-44(34-27-19-15-12-9-6-2)35-28-20-16-13-10-7-3/h43-44,47H,5-42H2,1-4H3. The molecule has 50 heavy (non-hydrogen) atoms. The Bertz CT molecular complexity index is 643. The summed E-state index contributed by atoms with van der Waals surface area (Å²) in [5, 5.41) is 9.57. The summed E-state index contributed by atoms with van der Waals surface area (Å²) >= 11 is 0. The summed E-state index contributed by atoms with van der Waals surface area (Å²) in [6.45, 7) is 13.9. The molecular formula is C45H91NO4. The smallest absolute Gasteiger partial charge is 0.305 e. The average Bonchev–Trinajstić information content (AvgIpc) is 3.11. The van der Waals surface area contributed by atoms with Gasteiger partial charge in [0.2, 0.25) is 0 Å². The largest absolute Gasteiger partial charge is 0.466 e. The molecule has 0 aromatic carbocycles. The van der Waals surface area contributed by atoms with Gasteiger partial charge < -0.3 is 19.5 Å². The van der Waals surface area contributed by atoms with Gasteiger partial charge in [-0.25, -0.2) is 0 Å². The third kappa shape index (κ3) is 37.1. The van der Waals surface area contributed by atoms with Gasteiger partial charge in [0, 0.05) is 19.6 Å². The fourth-order valence-electron chi connectivity index (χ4n) is 7.17. The van der Waals surface area contributed by atoms with Crippen LogP contribution < -0.4 is 0 Å². The number of unbranched alkanes of at least 4 members (excludes halogenated alkanes) is 23. The molecule has 5 heteroatoms. The summed E-state index contributed by atoms with van der Waals surface area (Å²) in [7, 11) is 0. The summed E-state index contributed by atoms with van der Waals surface area (Å²) in [4.78, 5) is 14.4. The summed E-state index contributed by atoms with van der Waals surface area (Å²) in [5.74, 6) is 0.735. The first-order valence-electron chi connectivity index (χ1n) is 22.7. The maximum atomic E-state index is 12.0. The van der Waals surface area contributed by atoms with Crippen molar-refractivity contribution in [1.29, 1.82) is 0 Å². The first-order chi connectivity index (χ1) is 24.6. The predicted molar refractivity (Wildman–Crippen MR) is 218 cm³/mol. The van der Waals surface area contributed by atoms with Gasteiger partial charge in [0.05, 0.1) is 19.3 Å². The van der Waals surface area contributed by atoms with E-state index in [0.717, 1.165) is 51.4 Å². The van der Waals surface area contributed by atoms with E-state index < -0.39 is 0 Å². The van der Waals surface area contributed by atoms with Crippen LogP contribution in [0.1, 0.15) is 233 Å². The predicted octanol–water partition coefficient (Wildman–Crippen LogP) is 13.4. The van der Waals surface area contributed by atoms with Crippen LogP contribution in [-0.4, -0.2) is 61.5 Å². The molecule has 5 nitrogen and oxygen atoms in total. The number of rotatable bonds is 42. The summed E-state index contributed by atoms with van der Waals surface area (Å²) in [6.07, 6.45) is 40.8. The van der Waals surface area contributed by atoms with Crippen LogP contribution in [0, 0.1) is 5.92 Å². The molecule has 0 aromatic heterocycles. The summed E-state index contributed by atoms with van der Waals surface area (Å²) in [6, 6.07) is 0. The Kier molecular flexibility index (Phi) is 40.6. The second kappa shape index (κ2) is 41.1. The lowest BCUT2D eigenvalue weighted by molar-refractivity contribution is -0.143.